The maximum atomic E-state index is 12.0. The highest BCUT2D eigenvalue weighted by Gasteiger charge is 2.31. The lowest BCUT2D eigenvalue weighted by molar-refractivity contribution is -0.274. The van der Waals surface area contributed by atoms with Crippen LogP contribution >= 0.6 is 15.9 Å². The van der Waals surface area contributed by atoms with E-state index in [0.717, 1.165) is 13.2 Å². The highest BCUT2D eigenvalue weighted by Crippen LogP contribution is 2.26. The van der Waals surface area contributed by atoms with Crippen LogP contribution in [-0.4, -0.2) is 19.4 Å². The Balaban J connectivity index is 3.09. The van der Waals surface area contributed by atoms with E-state index >= 15 is 0 Å². The largest absolute Gasteiger partial charge is 0.573 e. The zero-order valence-corrected chi connectivity index (χ0v) is 10.3. The Bertz CT molecular complexity index is 418. The van der Waals surface area contributed by atoms with E-state index in [1.807, 2.05) is 0 Å². The summed E-state index contributed by atoms with van der Waals surface area (Å²) in [6.45, 7) is 0. The van der Waals surface area contributed by atoms with Gasteiger partial charge in [0.15, 0.2) is 0 Å². The second-order valence-corrected chi connectivity index (χ2v) is 3.60. The summed E-state index contributed by atoms with van der Waals surface area (Å²) in [4.78, 5) is 11.2. The van der Waals surface area contributed by atoms with Crippen molar-refractivity contribution in [1.82, 2.24) is 0 Å². The van der Waals surface area contributed by atoms with Crippen molar-refractivity contribution in [2.45, 2.75) is 11.7 Å². The summed E-state index contributed by atoms with van der Waals surface area (Å²) < 4.78 is 44.3. The number of carbonyl (C=O) groups excluding carboxylic acids is 1. The van der Waals surface area contributed by atoms with Crippen molar-refractivity contribution in [1.29, 1.82) is 0 Å². The number of alkyl halides is 4. The lowest BCUT2D eigenvalue weighted by Crippen LogP contribution is -2.17. The van der Waals surface area contributed by atoms with E-state index in [9.17, 15) is 18.0 Å². The van der Waals surface area contributed by atoms with Crippen LogP contribution in [0, 0.1) is 0 Å². The number of methoxy groups -OCH3 is 1. The van der Waals surface area contributed by atoms with Gasteiger partial charge >= 0.3 is 12.3 Å². The summed E-state index contributed by atoms with van der Waals surface area (Å²) in [6, 6.07) is 3.59. The molecule has 17 heavy (non-hydrogen) atoms. The Morgan fingerprint density at radius 3 is 2.47 bits per heavy atom. The Morgan fingerprint density at radius 2 is 2.00 bits per heavy atom. The molecule has 1 aromatic carbocycles. The van der Waals surface area contributed by atoms with Crippen molar-refractivity contribution < 1.29 is 27.4 Å². The quantitative estimate of drug-likeness (QED) is 0.635. The highest BCUT2D eigenvalue weighted by atomic mass is 79.9. The summed E-state index contributed by atoms with van der Waals surface area (Å²) >= 11 is 3.09. The molecule has 0 radical (unpaired) electrons. The fourth-order valence-electron chi connectivity index (χ4n) is 1.17. The van der Waals surface area contributed by atoms with E-state index in [4.69, 9.17) is 0 Å². The molecule has 0 amide bonds. The summed E-state index contributed by atoms with van der Waals surface area (Å²) in [6.07, 6.45) is -4.79. The Labute approximate surface area is 104 Å². The monoisotopic (exact) mass is 312 g/mol. The van der Waals surface area contributed by atoms with Gasteiger partial charge in [-0.3, -0.25) is 0 Å². The number of ether oxygens (including phenoxy) is 2. The fraction of sp³-hybridized carbons (Fsp3) is 0.300. The molecule has 0 aliphatic carbocycles. The average molecular weight is 313 g/mol. The molecule has 0 unspecified atom stereocenters. The number of esters is 1. The molecular weight excluding hydrogens is 305 g/mol. The first-order valence-corrected chi connectivity index (χ1v) is 5.52. The lowest BCUT2D eigenvalue weighted by atomic mass is 10.1. The number of benzene rings is 1. The molecule has 0 saturated heterocycles. The van der Waals surface area contributed by atoms with Gasteiger partial charge in [-0.1, -0.05) is 15.9 Å². The summed E-state index contributed by atoms with van der Waals surface area (Å²) in [7, 11) is 1.15. The van der Waals surface area contributed by atoms with E-state index in [0.29, 0.717) is 10.9 Å². The molecule has 0 aromatic heterocycles. The van der Waals surface area contributed by atoms with Gasteiger partial charge < -0.3 is 9.47 Å². The van der Waals surface area contributed by atoms with Crippen LogP contribution in [0.4, 0.5) is 13.2 Å². The number of hydrogen-bond acceptors (Lipinski definition) is 3. The van der Waals surface area contributed by atoms with Gasteiger partial charge in [-0.15, -0.1) is 13.2 Å². The maximum absolute atomic E-state index is 12.0. The molecule has 0 atom stereocenters. The van der Waals surface area contributed by atoms with Crippen LogP contribution in [0.15, 0.2) is 18.2 Å². The molecule has 1 rings (SSSR count). The molecule has 0 heterocycles. The van der Waals surface area contributed by atoms with Crippen LogP contribution in [0.2, 0.25) is 0 Å². The zero-order chi connectivity index (χ0) is 13.1. The summed E-state index contributed by atoms with van der Waals surface area (Å²) in [5.74, 6) is -1.17. The SMILES string of the molecule is COC(=O)c1cc(CBr)cc(OC(F)(F)F)c1. The predicted molar refractivity (Wildman–Crippen MR) is 57.1 cm³/mol. The highest BCUT2D eigenvalue weighted by molar-refractivity contribution is 9.08. The number of halogens is 4. The normalized spacial score (nSPS) is 11.1. The van der Waals surface area contributed by atoms with Crippen molar-refractivity contribution in [3.63, 3.8) is 0 Å². The van der Waals surface area contributed by atoms with Gasteiger partial charge in [0.25, 0.3) is 0 Å². The zero-order valence-electron chi connectivity index (χ0n) is 8.68. The third-order valence-electron chi connectivity index (χ3n) is 1.78. The lowest BCUT2D eigenvalue weighted by Gasteiger charge is -2.11. The van der Waals surface area contributed by atoms with Gasteiger partial charge in [0.1, 0.15) is 5.75 Å². The van der Waals surface area contributed by atoms with E-state index in [1.54, 1.807) is 0 Å². The van der Waals surface area contributed by atoms with Crippen molar-refractivity contribution >= 4 is 21.9 Å². The van der Waals surface area contributed by atoms with Crippen LogP contribution in [0.3, 0.4) is 0 Å². The first-order valence-electron chi connectivity index (χ1n) is 4.39. The van der Waals surface area contributed by atoms with Crippen molar-refractivity contribution in [2.24, 2.45) is 0 Å². The molecule has 1 aromatic rings. The maximum Gasteiger partial charge on any atom is 0.573 e. The molecule has 0 bridgehead atoms. The van der Waals surface area contributed by atoms with Gasteiger partial charge in [0, 0.05) is 5.33 Å². The van der Waals surface area contributed by atoms with Crippen LogP contribution in [0.25, 0.3) is 0 Å². The summed E-state index contributed by atoms with van der Waals surface area (Å²) in [5.41, 5.74) is 0.482. The number of rotatable bonds is 3. The minimum atomic E-state index is -4.79. The standard InChI is InChI=1S/C10H8BrF3O3/c1-16-9(15)7-2-6(5-11)3-8(4-7)17-10(12,13)14/h2-4H,5H2,1H3. The van der Waals surface area contributed by atoms with Gasteiger partial charge in [0.05, 0.1) is 12.7 Å². The Hall–Kier alpha value is -1.24. The first kappa shape index (κ1) is 13.8. The van der Waals surface area contributed by atoms with Crippen LogP contribution < -0.4 is 4.74 Å². The van der Waals surface area contributed by atoms with Crippen LogP contribution in [0.1, 0.15) is 15.9 Å². The Morgan fingerprint density at radius 1 is 1.35 bits per heavy atom. The van der Waals surface area contributed by atoms with Crippen molar-refractivity contribution in [3.05, 3.63) is 29.3 Å². The molecule has 0 N–H and O–H groups in total. The molecule has 0 spiro atoms. The van der Waals surface area contributed by atoms with E-state index < -0.39 is 18.1 Å². The predicted octanol–water partition coefficient (Wildman–Crippen LogP) is 3.27. The second kappa shape index (κ2) is 5.39. The Kier molecular flexibility index (Phi) is 4.39. The molecule has 0 fully saturated rings. The van der Waals surface area contributed by atoms with E-state index in [2.05, 4.69) is 25.4 Å². The van der Waals surface area contributed by atoms with Crippen molar-refractivity contribution in [3.8, 4) is 5.75 Å². The number of carbonyl (C=O) groups is 1. The van der Waals surface area contributed by atoms with Crippen LogP contribution in [-0.2, 0) is 10.1 Å². The molecule has 0 saturated carbocycles. The first-order chi connectivity index (χ1) is 7.85. The molecular formula is C10H8BrF3O3. The number of hydrogen-bond donors (Lipinski definition) is 0. The van der Waals surface area contributed by atoms with E-state index in [1.165, 1.54) is 12.1 Å². The molecule has 7 heteroatoms. The van der Waals surface area contributed by atoms with E-state index in [-0.39, 0.29) is 5.56 Å². The van der Waals surface area contributed by atoms with Gasteiger partial charge in [-0.25, -0.2) is 4.79 Å². The molecule has 0 aliphatic rings. The fourth-order valence-corrected chi connectivity index (χ4v) is 1.49. The van der Waals surface area contributed by atoms with Gasteiger partial charge in [-0.2, -0.15) is 0 Å². The average Bonchev–Trinajstić information content (AvgIpc) is 2.25. The van der Waals surface area contributed by atoms with Gasteiger partial charge in [0.2, 0.25) is 0 Å². The van der Waals surface area contributed by atoms with Crippen LogP contribution in [0.5, 0.6) is 5.75 Å². The van der Waals surface area contributed by atoms with Gasteiger partial charge in [-0.05, 0) is 23.8 Å². The molecule has 0 aliphatic heterocycles. The smallest absolute Gasteiger partial charge is 0.465 e. The third-order valence-corrected chi connectivity index (χ3v) is 2.42. The topological polar surface area (TPSA) is 35.5 Å². The molecule has 94 valence electrons. The summed E-state index contributed by atoms with van der Waals surface area (Å²) in [5, 5.41) is 0.298. The third kappa shape index (κ3) is 4.26. The minimum absolute atomic E-state index is 0.00343. The molecule has 3 nitrogen and oxygen atoms in total. The van der Waals surface area contributed by atoms with Crippen molar-refractivity contribution in [2.75, 3.05) is 7.11 Å². The minimum Gasteiger partial charge on any atom is -0.465 e. The second-order valence-electron chi connectivity index (χ2n) is 3.04.